The zero-order chi connectivity index (χ0) is 19.2. The summed E-state index contributed by atoms with van der Waals surface area (Å²) >= 11 is 1.55. The van der Waals surface area contributed by atoms with Crippen LogP contribution in [0.15, 0.2) is 53.8 Å². The van der Waals surface area contributed by atoms with Gasteiger partial charge in [-0.3, -0.25) is 0 Å². The number of methoxy groups -OCH3 is 2. The first-order chi connectivity index (χ1) is 13.1. The van der Waals surface area contributed by atoms with Crippen molar-refractivity contribution < 1.29 is 19.0 Å². The molecule has 0 fully saturated rings. The smallest absolute Gasteiger partial charge is 0.168 e. The molecule has 0 spiro atoms. The van der Waals surface area contributed by atoms with E-state index in [0.717, 1.165) is 27.8 Å². The Morgan fingerprint density at radius 3 is 2.30 bits per heavy atom. The summed E-state index contributed by atoms with van der Waals surface area (Å²) in [6, 6.07) is 12.1. The molecule has 0 aliphatic rings. The molecule has 5 nitrogen and oxygen atoms in total. The van der Waals surface area contributed by atoms with Gasteiger partial charge >= 0.3 is 0 Å². The zero-order valence-corrected chi connectivity index (χ0v) is 16.0. The van der Waals surface area contributed by atoms with E-state index >= 15 is 0 Å². The van der Waals surface area contributed by atoms with Gasteiger partial charge in [0, 0.05) is 18.4 Å². The maximum Gasteiger partial charge on any atom is 0.168 e. The summed E-state index contributed by atoms with van der Waals surface area (Å²) in [5, 5.41) is 10.4. The lowest BCUT2D eigenvalue weighted by molar-refractivity contribution is 0.270. The van der Waals surface area contributed by atoms with Crippen LogP contribution in [0, 0.1) is 5.82 Å². The minimum absolute atomic E-state index is 0.109. The number of hydrogen-bond acceptors (Lipinski definition) is 5. The Kier molecular flexibility index (Phi) is 6.36. The van der Waals surface area contributed by atoms with Crippen LogP contribution in [-0.4, -0.2) is 28.9 Å². The van der Waals surface area contributed by atoms with Crippen LogP contribution in [0.5, 0.6) is 11.5 Å². The topological polar surface area (TPSA) is 56.5 Å². The SMILES string of the molecule is COc1cc(CSc2ncc(CO)n2Cc2ccc(F)cc2)cc(OC)c1. The number of aliphatic hydroxyl groups is 1. The van der Waals surface area contributed by atoms with Crippen molar-refractivity contribution in [2.75, 3.05) is 14.2 Å². The largest absolute Gasteiger partial charge is 0.497 e. The fraction of sp³-hybridized carbons (Fsp3) is 0.250. The Hall–Kier alpha value is -2.51. The Balaban J connectivity index is 1.79. The van der Waals surface area contributed by atoms with Crippen molar-refractivity contribution in [3.05, 3.63) is 71.3 Å². The molecule has 27 heavy (non-hydrogen) atoms. The summed E-state index contributed by atoms with van der Waals surface area (Å²) in [7, 11) is 3.24. The van der Waals surface area contributed by atoms with Crippen LogP contribution in [0.4, 0.5) is 4.39 Å². The lowest BCUT2D eigenvalue weighted by atomic mass is 10.2. The number of ether oxygens (including phenoxy) is 2. The fourth-order valence-corrected chi connectivity index (χ4v) is 3.60. The highest BCUT2D eigenvalue weighted by atomic mass is 32.2. The van der Waals surface area contributed by atoms with E-state index in [1.165, 1.54) is 12.1 Å². The van der Waals surface area contributed by atoms with E-state index in [-0.39, 0.29) is 12.4 Å². The van der Waals surface area contributed by atoms with Crippen molar-refractivity contribution in [1.29, 1.82) is 0 Å². The van der Waals surface area contributed by atoms with Gasteiger partial charge in [0.2, 0.25) is 0 Å². The Labute approximate surface area is 161 Å². The Morgan fingerprint density at radius 2 is 1.70 bits per heavy atom. The summed E-state index contributed by atoms with van der Waals surface area (Å²) in [4.78, 5) is 4.43. The van der Waals surface area contributed by atoms with Crippen molar-refractivity contribution in [3.8, 4) is 11.5 Å². The number of nitrogens with zero attached hydrogens (tertiary/aromatic N) is 2. The molecule has 0 unspecified atom stereocenters. The first kappa shape index (κ1) is 19.3. The molecule has 1 aromatic heterocycles. The van der Waals surface area contributed by atoms with Crippen molar-refractivity contribution >= 4 is 11.8 Å². The third kappa shape index (κ3) is 4.81. The number of hydrogen-bond donors (Lipinski definition) is 1. The number of benzene rings is 2. The predicted molar refractivity (Wildman–Crippen MR) is 103 cm³/mol. The molecule has 0 amide bonds. The van der Waals surface area contributed by atoms with E-state index in [2.05, 4.69) is 4.98 Å². The third-order valence-electron chi connectivity index (χ3n) is 4.10. The molecule has 3 aromatic rings. The molecule has 0 radical (unpaired) electrons. The second kappa shape index (κ2) is 8.92. The third-order valence-corrected chi connectivity index (χ3v) is 5.16. The van der Waals surface area contributed by atoms with Crippen LogP contribution in [0.25, 0.3) is 0 Å². The maximum atomic E-state index is 13.1. The number of aromatic nitrogens is 2. The van der Waals surface area contributed by atoms with Crippen molar-refractivity contribution in [3.63, 3.8) is 0 Å². The number of thioether (sulfide) groups is 1. The summed E-state index contributed by atoms with van der Waals surface area (Å²) in [6.45, 7) is 0.404. The fourth-order valence-electron chi connectivity index (χ4n) is 2.67. The summed E-state index contributed by atoms with van der Waals surface area (Å²) < 4.78 is 25.7. The molecule has 0 aliphatic carbocycles. The monoisotopic (exact) mass is 388 g/mol. The van der Waals surface area contributed by atoms with Gasteiger partial charge in [0.15, 0.2) is 5.16 Å². The lowest BCUT2D eigenvalue weighted by Gasteiger charge is -2.12. The molecule has 1 N–H and O–H groups in total. The molecule has 0 saturated heterocycles. The molecule has 7 heteroatoms. The number of halogens is 1. The van der Waals surface area contributed by atoms with Crippen molar-refractivity contribution in [1.82, 2.24) is 9.55 Å². The number of aliphatic hydroxyl groups excluding tert-OH is 1. The van der Waals surface area contributed by atoms with E-state index < -0.39 is 0 Å². The molecule has 2 aromatic carbocycles. The number of imidazole rings is 1. The second-order valence-corrected chi connectivity index (χ2v) is 6.85. The first-order valence-corrected chi connectivity index (χ1v) is 9.36. The van der Waals surface area contributed by atoms with E-state index in [1.807, 2.05) is 22.8 Å². The van der Waals surface area contributed by atoms with E-state index in [9.17, 15) is 9.50 Å². The van der Waals surface area contributed by atoms with Crippen LogP contribution >= 0.6 is 11.8 Å². The normalized spacial score (nSPS) is 10.8. The summed E-state index contributed by atoms with van der Waals surface area (Å²) in [5.74, 6) is 1.86. The van der Waals surface area contributed by atoms with E-state index in [0.29, 0.717) is 18.0 Å². The second-order valence-electron chi connectivity index (χ2n) is 5.91. The lowest BCUT2D eigenvalue weighted by Crippen LogP contribution is -2.06. The van der Waals surface area contributed by atoms with Gasteiger partial charge < -0.3 is 19.1 Å². The quantitative estimate of drug-likeness (QED) is 0.594. The average molecular weight is 388 g/mol. The van der Waals surface area contributed by atoms with Crippen LogP contribution < -0.4 is 9.47 Å². The standard InChI is InChI=1S/C20H21FN2O3S/c1-25-18-7-15(8-19(9-18)26-2)13-27-20-22-10-17(12-24)23(20)11-14-3-5-16(21)6-4-14/h3-10,24H,11-13H2,1-2H3. The Morgan fingerprint density at radius 1 is 1.04 bits per heavy atom. The van der Waals surface area contributed by atoms with Gasteiger partial charge in [0.25, 0.3) is 0 Å². The van der Waals surface area contributed by atoms with Crippen LogP contribution in [0.2, 0.25) is 0 Å². The van der Waals surface area contributed by atoms with Gasteiger partial charge in [-0.05, 0) is 35.4 Å². The van der Waals surface area contributed by atoms with Gasteiger partial charge in [-0.25, -0.2) is 9.37 Å². The van der Waals surface area contributed by atoms with Crippen molar-refractivity contribution in [2.45, 2.75) is 24.1 Å². The molecular formula is C20H21FN2O3S. The van der Waals surface area contributed by atoms with Gasteiger partial charge in [0.05, 0.1) is 32.7 Å². The minimum atomic E-state index is -0.270. The summed E-state index contributed by atoms with van der Waals surface area (Å²) in [5.41, 5.74) is 2.69. The average Bonchev–Trinajstić information content (AvgIpc) is 3.09. The van der Waals surface area contributed by atoms with Crippen LogP contribution in [0.3, 0.4) is 0 Å². The molecule has 0 saturated carbocycles. The number of rotatable bonds is 8. The molecule has 0 atom stereocenters. The van der Waals surface area contributed by atoms with E-state index in [1.54, 1.807) is 44.3 Å². The Bertz CT molecular complexity index is 874. The predicted octanol–water partition coefficient (Wildman–Crippen LogP) is 3.87. The highest BCUT2D eigenvalue weighted by Crippen LogP contribution is 2.29. The summed E-state index contributed by atoms with van der Waals surface area (Å²) in [6.07, 6.45) is 1.66. The highest BCUT2D eigenvalue weighted by molar-refractivity contribution is 7.98. The van der Waals surface area contributed by atoms with Crippen LogP contribution in [-0.2, 0) is 18.9 Å². The molecular weight excluding hydrogens is 367 g/mol. The van der Waals surface area contributed by atoms with E-state index in [4.69, 9.17) is 9.47 Å². The van der Waals surface area contributed by atoms with Gasteiger partial charge in [0.1, 0.15) is 17.3 Å². The molecule has 3 rings (SSSR count). The minimum Gasteiger partial charge on any atom is -0.497 e. The molecule has 142 valence electrons. The molecule has 0 bridgehead atoms. The molecule has 0 aliphatic heterocycles. The zero-order valence-electron chi connectivity index (χ0n) is 15.2. The maximum absolute atomic E-state index is 13.1. The highest BCUT2D eigenvalue weighted by Gasteiger charge is 2.12. The van der Waals surface area contributed by atoms with Gasteiger partial charge in [-0.15, -0.1) is 0 Å². The first-order valence-electron chi connectivity index (χ1n) is 8.37. The van der Waals surface area contributed by atoms with Gasteiger partial charge in [-0.1, -0.05) is 23.9 Å². The van der Waals surface area contributed by atoms with Crippen LogP contribution in [0.1, 0.15) is 16.8 Å². The molecule has 1 heterocycles. The van der Waals surface area contributed by atoms with Gasteiger partial charge in [-0.2, -0.15) is 0 Å². The van der Waals surface area contributed by atoms with Crippen molar-refractivity contribution in [2.24, 2.45) is 0 Å².